The van der Waals surface area contributed by atoms with Crippen LogP contribution in [0.15, 0.2) is 29.6 Å². The molecule has 0 aliphatic rings. The smallest absolute Gasteiger partial charge is 0.225 e. The number of aromatic nitrogens is 1. The van der Waals surface area contributed by atoms with E-state index in [2.05, 4.69) is 25.8 Å². The standard InChI is InChI=1S/C20H28N2O2S/c1-14(2)10-22(20(23)15(3)4)11-17-13-25-19(21-17)12-24-18-8-6-16(5)7-9-18/h6-9,13-15H,10-12H2,1-5H3. The summed E-state index contributed by atoms with van der Waals surface area (Å²) in [5, 5.41) is 2.95. The van der Waals surface area contributed by atoms with Crippen molar-refractivity contribution in [3.8, 4) is 5.75 Å². The molecule has 0 spiro atoms. The number of thiazole rings is 1. The molecule has 4 nitrogen and oxygen atoms in total. The maximum absolute atomic E-state index is 12.4. The second-order valence-electron chi connectivity index (χ2n) is 7.10. The van der Waals surface area contributed by atoms with Crippen LogP contribution in [0.5, 0.6) is 5.75 Å². The molecule has 0 radical (unpaired) electrons. The number of ether oxygens (including phenoxy) is 1. The van der Waals surface area contributed by atoms with Crippen molar-refractivity contribution < 1.29 is 9.53 Å². The number of hydrogen-bond donors (Lipinski definition) is 0. The van der Waals surface area contributed by atoms with Crippen molar-refractivity contribution in [3.63, 3.8) is 0 Å². The number of aryl methyl sites for hydroxylation is 1. The summed E-state index contributed by atoms with van der Waals surface area (Å²) in [5.74, 6) is 1.46. The molecule has 136 valence electrons. The van der Waals surface area contributed by atoms with Crippen LogP contribution >= 0.6 is 11.3 Å². The van der Waals surface area contributed by atoms with Crippen molar-refractivity contribution in [3.05, 3.63) is 45.9 Å². The topological polar surface area (TPSA) is 42.4 Å². The van der Waals surface area contributed by atoms with Crippen LogP contribution in [-0.4, -0.2) is 22.3 Å². The summed E-state index contributed by atoms with van der Waals surface area (Å²) in [7, 11) is 0. The van der Waals surface area contributed by atoms with Crippen LogP contribution < -0.4 is 4.74 Å². The third-order valence-corrected chi connectivity index (χ3v) is 4.60. The Labute approximate surface area is 154 Å². The molecule has 2 rings (SSSR count). The van der Waals surface area contributed by atoms with E-state index in [0.717, 1.165) is 23.0 Å². The Morgan fingerprint density at radius 1 is 1.20 bits per heavy atom. The van der Waals surface area contributed by atoms with E-state index in [1.165, 1.54) is 5.56 Å². The van der Waals surface area contributed by atoms with Crippen molar-refractivity contribution in [2.75, 3.05) is 6.54 Å². The van der Waals surface area contributed by atoms with Crippen LogP contribution in [0.4, 0.5) is 0 Å². The minimum atomic E-state index is 0.00160. The van der Waals surface area contributed by atoms with Gasteiger partial charge in [-0.3, -0.25) is 4.79 Å². The fourth-order valence-corrected chi connectivity index (χ4v) is 3.20. The molecule has 0 unspecified atom stereocenters. The van der Waals surface area contributed by atoms with Crippen LogP contribution in [0.25, 0.3) is 0 Å². The molecule has 0 aliphatic carbocycles. The zero-order chi connectivity index (χ0) is 18.4. The lowest BCUT2D eigenvalue weighted by molar-refractivity contribution is -0.135. The first kappa shape index (κ1) is 19.4. The second-order valence-corrected chi connectivity index (χ2v) is 8.04. The number of hydrogen-bond acceptors (Lipinski definition) is 4. The molecule has 2 aromatic rings. The van der Waals surface area contributed by atoms with Gasteiger partial charge in [0.2, 0.25) is 5.91 Å². The summed E-state index contributed by atoms with van der Waals surface area (Å²) >= 11 is 1.58. The highest BCUT2D eigenvalue weighted by molar-refractivity contribution is 7.09. The van der Waals surface area contributed by atoms with Gasteiger partial charge in [-0.25, -0.2) is 4.98 Å². The lowest BCUT2D eigenvalue weighted by atomic mass is 10.1. The molecule has 0 saturated heterocycles. The van der Waals surface area contributed by atoms with Crippen LogP contribution in [0.3, 0.4) is 0 Å². The summed E-state index contributed by atoms with van der Waals surface area (Å²) in [6.07, 6.45) is 0. The summed E-state index contributed by atoms with van der Waals surface area (Å²) in [4.78, 5) is 18.9. The third kappa shape index (κ3) is 6.16. The van der Waals surface area contributed by atoms with E-state index in [1.54, 1.807) is 11.3 Å². The number of amides is 1. The molecule has 1 heterocycles. The Morgan fingerprint density at radius 3 is 2.48 bits per heavy atom. The summed E-state index contributed by atoms with van der Waals surface area (Å²) < 4.78 is 5.78. The van der Waals surface area contributed by atoms with Gasteiger partial charge in [-0.1, -0.05) is 45.4 Å². The highest BCUT2D eigenvalue weighted by atomic mass is 32.1. The Bertz CT molecular complexity index is 677. The first-order valence-corrected chi connectivity index (χ1v) is 9.64. The van der Waals surface area contributed by atoms with Gasteiger partial charge in [0, 0.05) is 17.8 Å². The fraction of sp³-hybridized carbons (Fsp3) is 0.500. The summed E-state index contributed by atoms with van der Waals surface area (Å²) in [6.45, 7) is 12.0. The first-order chi connectivity index (χ1) is 11.8. The molecule has 0 atom stereocenters. The van der Waals surface area contributed by atoms with Crippen molar-refractivity contribution >= 4 is 17.2 Å². The highest BCUT2D eigenvalue weighted by Crippen LogP contribution is 2.18. The second kappa shape index (κ2) is 8.99. The number of carbonyl (C=O) groups is 1. The molecule has 0 aliphatic heterocycles. The minimum Gasteiger partial charge on any atom is -0.486 e. The Kier molecular flexibility index (Phi) is 7.00. The van der Waals surface area contributed by atoms with Crippen LogP contribution in [0.1, 0.15) is 44.0 Å². The average molecular weight is 361 g/mol. The SMILES string of the molecule is Cc1ccc(OCc2nc(CN(CC(C)C)C(=O)C(C)C)cs2)cc1. The first-order valence-electron chi connectivity index (χ1n) is 8.76. The number of benzene rings is 1. The maximum atomic E-state index is 12.4. The van der Waals surface area contributed by atoms with Crippen LogP contribution in [0, 0.1) is 18.8 Å². The van der Waals surface area contributed by atoms with Gasteiger partial charge < -0.3 is 9.64 Å². The van der Waals surface area contributed by atoms with E-state index in [4.69, 9.17) is 4.74 Å². The average Bonchev–Trinajstić information content (AvgIpc) is 3.00. The predicted molar refractivity (Wildman–Crippen MR) is 103 cm³/mol. The number of carbonyl (C=O) groups excluding carboxylic acids is 1. The van der Waals surface area contributed by atoms with Crippen LogP contribution in [-0.2, 0) is 17.9 Å². The fourth-order valence-electron chi connectivity index (χ4n) is 2.50. The number of rotatable bonds is 8. The van der Waals surface area contributed by atoms with Gasteiger partial charge in [0.05, 0.1) is 12.2 Å². The largest absolute Gasteiger partial charge is 0.486 e. The predicted octanol–water partition coefficient (Wildman–Crippen LogP) is 4.67. The Hall–Kier alpha value is -1.88. The van der Waals surface area contributed by atoms with Gasteiger partial charge >= 0.3 is 0 Å². The van der Waals surface area contributed by atoms with Crippen molar-refractivity contribution in [1.82, 2.24) is 9.88 Å². The molecular formula is C20H28N2O2S. The lowest BCUT2D eigenvalue weighted by Gasteiger charge is -2.25. The molecule has 1 aromatic carbocycles. The van der Waals surface area contributed by atoms with Gasteiger partial charge in [-0.05, 0) is 25.0 Å². The van der Waals surface area contributed by atoms with E-state index in [0.29, 0.717) is 19.1 Å². The van der Waals surface area contributed by atoms with Crippen molar-refractivity contribution in [2.45, 2.75) is 47.8 Å². The molecule has 0 bridgehead atoms. The molecule has 25 heavy (non-hydrogen) atoms. The Balaban J connectivity index is 1.96. The summed E-state index contributed by atoms with van der Waals surface area (Å²) in [5.41, 5.74) is 2.14. The van der Waals surface area contributed by atoms with Gasteiger partial charge in [0.25, 0.3) is 0 Å². The molecule has 1 amide bonds. The molecule has 5 heteroatoms. The monoisotopic (exact) mass is 360 g/mol. The van der Waals surface area contributed by atoms with Crippen LogP contribution in [0.2, 0.25) is 0 Å². The van der Waals surface area contributed by atoms with Gasteiger partial charge in [-0.2, -0.15) is 0 Å². The molecule has 0 fully saturated rings. The lowest BCUT2D eigenvalue weighted by Crippen LogP contribution is -2.36. The normalized spacial score (nSPS) is 11.2. The molecule has 0 N–H and O–H groups in total. The zero-order valence-corrected chi connectivity index (χ0v) is 16.6. The molecule has 1 aromatic heterocycles. The molecule has 0 saturated carbocycles. The number of nitrogens with zero attached hydrogens (tertiary/aromatic N) is 2. The van der Waals surface area contributed by atoms with Gasteiger partial charge in [0.1, 0.15) is 17.4 Å². The highest BCUT2D eigenvalue weighted by Gasteiger charge is 2.19. The van der Waals surface area contributed by atoms with E-state index in [9.17, 15) is 4.79 Å². The Morgan fingerprint density at radius 2 is 1.88 bits per heavy atom. The van der Waals surface area contributed by atoms with Crippen molar-refractivity contribution in [2.24, 2.45) is 11.8 Å². The van der Waals surface area contributed by atoms with E-state index in [1.807, 2.05) is 48.4 Å². The van der Waals surface area contributed by atoms with Gasteiger partial charge in [0.15, 0.2) is 0 Å². The van der Waals surface area contributed by atoms with E-state index < -0.39 is 0 Å². The molecular weight excluding hydrogens is 332 g/mol. The van der Waals surface area contributed by atoms with E-state index in [-0.39, 0.29) is 11.8 Å². The minimum absolute atomic E-state index is 0.00160. The summed E-state index contributed by atoms with van der Waals surface area (Å²) in [6, 6.07) is 8.00. The van der Waals surface area contributed by atoms with E-state index >= 15 is 0 Å². The quantitative estimate of drug-likeness (QED) is 0.687. The van der Waals surface area contributed by atoms with Gasteiger partial charge in [-0.15, -0.1) is 11.3 Å². The third-order valence-electron chi connectivity index (χ3n) is 3.73. The zero-order valence-electron chi connectivity index (χ0n) is 15.8. The van der Waals surface area contributed by atoms with Crippen molar-refractivity contribution in [1.29, 1.82) is 0 Å². The maximum Gasteiger partial charge on any atom is 0.225 e.